The van der Waals surface area contributed by atoms with Crippen LogP contribution in [0.2, 0.25) is 0 Å². The summed E-state index contributed by atoms with van der Waals surface area (Å²) in [5, 5.41) is 13.1. The Balaban J connectivity index is 0.00000225. The third kappa shape index (κ3) is 3.96. The van der Waals surface area contributed by atoms with E-state index in [4.69, 9.17) is 0 Å². The molecule has 1 aliphatic heterocycles. The summed E-state index contributed by atoms with van der Waals surface area (Å²) in [5.74, 6) is -1.98. The second-order valence-corrected chi connectivity index (χ2v) is 3.35. The summed E-state index contributed by atoms with van der Waals surface area (Å²) in [4.78, 5) is 22.4. The third-order valence-corrected chi connectivity index (χ3v) is 2.31. The topological polar surface area (TPSA) is 78.9 Å². The maximum atomic E-state index is 11.3. The van der Waals surface area contributed by atoms with E-state index in [2.05, 4.69) is 10.1 Å². The second kappa shape index (κ2) is 7.43. The quantitative estimate of drug-likeness (QED) is 0.312. The highest BCUT2D eigenvalue weighted by molar-refractivity contribution is 6.32. The number of piperidine rings is 1. The lowest BCUT2D eigenvalue weighted by Gasteiger charge is -2.28. The molecule has 0 saturated carbocycles. The smallest absolute Gasteiger partial charge is 0.399 e. The minimum Gasteiger partial charge on any atom is -0.459 e. The molecule has 0 aliphatic carbocycles. The van der Waals surface area contributed by atoms with Crippen LogP contribution in [-0.2, 0) is 14.3 Å². The van der Waals surface area contributed by atoms with E-state index in [1.54, 1.807) is 6.92 Å². The van der Waals surface area contributed by atoms with Crippen molar-refractivity contribution in [3.05, 3.63) is 0 Å². The van der Waals surface area contributed by atoms with Crippen LogP contribution in [0.4, 0.5) is 0 Å². The normalized spacial score (nSPS) is 16.1. The molecule has 0 radical (unpaired) electrons. The first-order valence-electron chi connectivity index (χ1n) is 5.06. The minimum absolute atomic E-state index is 0. The minimum atomic E-state index is -1.00. The van der Waals surface area contributed by atoms with Crippen LogP contribution in [0, 0.1) is 0 Å². The fourth-order valence-electron chi connectivity index (χ4n) is 1.50. The summed E-state index contributed by atoms with van der Waals surface area (Å²) in [7, 11) is 0. The molecular formula is C9H17ClN2O4. The summed E-state index contributed by atoms with van der Waals surface area (Å²) >= 11 is 0. The van der Waals surface area contributed by atoms with Crippen molar-refractivity contribution in [2.75, 3.05) is 19.7 Å². The molecule has 94 valence electrons. The molecule has 1 rings (SSSR count). The lowest BCUT2D eigenvalue weighted by molar-refractivity contribution is -0.189. The molecule has 1 aliphatic rings. The molecule has 0 aromatic carbocycles. The molecule has 7 heteroatoms. The highest BCUT2D eigenvalue weighted by atomic mass is 35.5. The molecule has 0 atom stereocenters. The highest BCUT2D eigenvalue weighted by Gasteiger charge is 2.29. The van der Waals surface area contributed by atoms with Crippen LogP contribution in [0.15, 0.2) is 0 Å². The molecule has 0 bridgehead atoms. The van der Waals surface area contributed by atoms with Crippen molar-refractivity contribution in [3.63, 3.8) is 0 Å². The molecule has 1 saturated heterocycles. The number of ether oxygens (including phenoxy) is 1. The molecular weight excluding hydrogens is 236 g/mol. The van der Waals surface area contributed by atoms with Crippen molar-refractivity contribution in [3.8, 4) is 0 Å². The maximum Gasteiger partial charge on any atom is 0.399 e. The van der Waals surface area contributed by atoms with Gasteiger partial charge in [-0.25, -0.2) is 9.86 Å². The van der Waals surface area contributed by atoms with Crippen LogP contribution in [-0.4, -0.2) is 47.9 Å². The van der Waals surface area contributed by atoms with E-state index >= 15 is 0 Å². The van der Waals surface area contributed by atoms with Gasteiger partial charge in [-0.1, -0.05) is 0 Å². The molecule has 0 aromatic rings. The molecule has 0 aromatic heterocycles. The van der Waals surface area contributed by atoms with Gasteiger partial charge in [0.15, 0.2) is 0 Å². The van der Waals surface area contributed by atoms with Crippen LogP contribution >= 0.6 is 12.4 Å². The third-order valence-electron chi connectivity index (χ3n) is 2.31. The molecule has 1 heterocycles. The standard InChI is InChI=1S/C9H16N2O4.ClH/c1-2-15-9(13)8(12)11(14)7-3-5-10-6-4-7;/h7,10,14H,2-6H2,1H3;1H. The summed E-state index contributed by atoms with van der Waals surface area (Å²) in [5.41, 5.74) is 0. The van der Waals surface area contributed by atoms with Crippen LogP contribution in [0.25, 0.3) is 0 Å². The van der Waals surface area contributed by atoms with Crippen LogP contribution < -0.4 is 5.32 Å². The van der Waals surface area contributed by atoms with Gasteiger partial charge in [0.05, 0.1) is 12.6 Å². The summed E-state index contributed by atoms with van der Waals surface area (Å²) < 4.78 is 4.51. The number of nitrogens with one attached hydrogen (secondary N) is 1. The molecule has 1 fully saturated rings. The first-order chi connectivity index (χ1) is 7.16. The lowest BCUT2D eigenvalue weighted by Crippen LogP contribution is -2.47. The van der Waals surface area contributed by atoms with E-state index < -0.39 is 11.9 Å². The Labute approximate surface area is 100 Å². The number of halogens is 1. The van der Waals surface area contributed by atoms with Crippen molar-refractivity contribution in [1.82, 2.24) is 10.4 Å². The Bertz CT molecular complexity index is 244. The van der Waals surface area contributed by atoms with E-state index in [1.807, 2.05) is 0 Å². The summed E-state index contributed by atoms with van der Waals surface area (Å²) in [6, 6.07) is -0.289. The van der Waals surface area contributed by atoms with Gasteiger partial charge in [-0.15, -0.1) is 12.4 Å². The first-order valence-corrected chi connectivity index (χ1v) is 5.06. The summed E-state index contributed by atoms with van der Waals surface area (Å²) in [6.07, 6.45) is 1.28. The van der Waals surface area contributed by atoms with Gasteiger partial charge in [0.1, 0.15) is 0 Å². The lowest BCUT2D eigenvalue weighted by atomic mass is 10.1. The van der Waals surface area contributed by atoms with Gasteiger partial charge in [0, 0.05) is 0 Å². The van der Waals surface area contributed by atoms with Crippen molar-refractivity contribution in [2.24, 2.45) is 0 Å². The van der Waals surface area contributed by atoms with Gasteiger partial charge in [-0.3, -0.25) is 10.0 Å². The number of carbonyl (C=O) groups is 2. The zero-order valence-corrected chi connectivity index (χ0v) is 9.96. The molecule has 1 amide bonds. The van der Waals surface area contributed by atoms with Crippen molar-refractivity contribution < 1.29 is 19.5 Å². The average Bonchev–Trinajstić information content (AvgIpc) is 2.28. The van der Waals surface area contributed by atoms with Gasteiger partial charge >= 0.3 is 11.9 Å². The van der Waals surface area contributed by atoms with Crippen LogP contribution in [0.3, 0.4) is 0 Å². The number of carbonyl (C=O) groups excluding carboxylic acids is 2. The predicted octanol–water partition coefficient (Wildman–Crippen LogP) is -0.0589. The van der Waals surface area contributed by atoms with Gasteiger partial charge in [0.25, 0.3) is 0 Å². The number of hydrogen-bond donors (Lipinski definition) is 2. The molecule has 6 nitrogen and oxygen atoms in total. The molecule has 16 heavy (non-hydrogen) atoms. The first kappa shape index (κ1) is 15.2. The predicted molar refractivity (Wildman–Crippen MR) is 58.4 cm³/mol. The van der Waals surface area contributed by atoms with Crippen molar-refractivity contribution >= 4 is 24.3 Å². The van der Waals surface area contributed by atoms with Crippen LogP contribution in [0.1, 0.15) is 19.8 Å². The van der Waals surface area contributed by atoms with E-state index in [0.29, 0.717) is 17.9 Å². The SMILES string of the molecule is CCOC(=O)C(=O)N(O)C1CCNCC1.Cl. The Hall–Kier alpha value is -0.850. The highest BCUT2D eigenvalue weighted by Crippen LogP contribution is 2.09. The number of hydroxylamine groups is 2. The number of esters is 1. The average molecular weight is 253 g/mol. The van der Waals surface area contributed by atoms with E-state index in [-0.39, 0.29) is 25.1 Å². The fraction of sp³-hybridized carbons (Fsp3) is 0.778. The zero-order chi connectivity index (χ0) is 11.3. The van der Waals surface area contributed by atoms with Gasteiger partial charge in [0.2, 0.25) is 0 Å². The van der Waals surface area contributed by atoms with E-state index in [9.17, 15) is 14.8 Å². The Morgan fingerprint density at radius 3 is 2.50 bits per heavy atom. The number of hydrogen-bond acceptors (Lipinski definition) is 5. The second-order valence-electron chi connectivity index (χ2n) is 3.35. The molecule has 0 unspecified atom stereocenters. The molecule has 0 spiro atoms. The zero-order valence-electron chi connectivity index (χ0n) is 9.14. The van der Waals surface area contributed by atoms with Gasteiger partial charge < -0.3 is 10.1 Å². The Kier molecular flexibility index (Phi) is 7.03. The van der Waals surface area contributed by atoms with Crippen molar-refractivity contribution in [1.29, 1.82) is 0 Å². The van der Waals surface area contributed by atoms with Gasteiger partial charge in [-0.05, 0) is 32.9 Å². The van der Waals surface area contributed by atoms with E-state index in [1.165, 1.54) is 0 Å². The van der Waals surface area contributed by atoms with E-state index in [0.717, 1.165) is 13.1 Å². The summed E-state index contributed by atoms with van der Waals surface area (Å²) in [6.45, 7) is 3.21. The number of amides is 1. The fourth-order valence-corrected chi connectivity index (χ4v) is 1.50. The van der Waals surface area contributed by atoms with Crippen molar-refractivity contribution in [2.45, 2.75) is 25.8 Å². The monoisotopic (exact) mass is 252 g/mol. The van der Waals surface area contributed by atoms with Gasteiger partial charge in [-0.2, -0.15) is 0 Å². The largest absolute Gasteiger partial charge is 0.459 e. The Morgan fingerprint density at radius 1 is 1.44 bits per heavy atom. The maximum absolute atomic E-state index is 11.3. The van der Waals surface area contributed by atoms with Crippen LogP contribution in [0.5, 0.6) is 0 Å². The number of rotatable bonds is 2. The Morgan fingerprint density at radius 2 is 2.00 bits per heavy atom. The number of nitrogens with zero attached hydrogens (tertiary/aromatic N) is 1. The molecule has 2 N–H and O–H groups in total.